The van der Waals surface area contributed by atoms with Gasteiger partial charge >= 0.3 is 0 Å². The summed E-state index contributed by atoms with van der Waals surface area (Å²) in [7, 11) is 1.86. The van der Waals surface area contributed by atoms with Gasteiger partial charge in [-0.05, 0) is 34.7 Å². The van der Waals surface area contributed by atoms with Crippen molar-refractivity contribution in [1.82, 2.24) is 20.2 Å². The summed E-state index contributed by atoms with van der Waals surface area (Å²) < 4.78 is 1.70. The molecular weight excluding hydrogens is 252 g/mol. The smallest absolute Gasteiger partial charge is 0.209 e. The summed E-state index contributed by atoms with van der Waals surface area (Å²) in [5.41, 5.74) is 0. The Morgan fingerprint density at radius 3 is 2.59 bits per heavy atom. The first-order valence-electron chi connectivity index (χ1n) is 5.39. The van der Waals surface area contributed by atoms with Gasteiger partial charge in [-0.25, -0.2) is 4.68 Å². The quantitative estimate of drug-likeness (QED) is 0.593. The summed E-state index contributed by atoms with van der Waals surface area (Å²) in [5.74, 6) is 2.18. The molecule has 0 unspecified atom stereocenters. The van der Waals surface area contributed by atoms with E-state index >= 15 is 0 Å². The van der Waals surface area contributed by atoms with Crippen LogP contribution in [0, 0.1) is 0 Å². The standard InChI is InChI=1S/C11H14N4S2/c1-15-11(12-13-14-15)17-9-5-8-16-10-6-3-2-4-7-10/h2-4,6-7H,5,8-9H2,1H3. The van der Waals surface area contributed by atoms with Crippen LogP contribution in [0.3, 0.4) is 0 Å². The molecule has 90 valence electrons. The third kappa shape index (κ3) is 4.05. The van der Waals surface area contributed by atoms with E-state index in [2.05, 4.69) is 39.8 Å². The average Bonchev–Trinajstić information content (AvgIpc) is 2.76. The molecule has 0 bridgehead atoms. The van der Waals surface area contributed by atoms with Crippen molar-refractivity contribution in [2.24, 2.45) is 7.05 Å². The molecule has 0 amide bonds. The van der Waals surface area contributed by atoms with Gasteiger partial charge in [-0.15, -0.1) is 16.9 Å². The van der Waals surface area contributed by atoms with Crippen LogP contribution in [0.15, 0.2) is 40.4 Å². The lowest BCUT2D eigenvalue weighted by atomic mass is 10.4. The third-order valence-electron chi connectivity index (χ3n) is 2.11. The highest BCUT2D eigenvalue weighted by molar-refractivity contribution is 8.00. The molecule has 0 saturated carbocycles. The van der Waals surface area contributed by atoms with Gasteiger partial charge in [0.15, 0.2) is 0 Å². The van der Waals surface area contributed by atoms with Crippen molar-refractivity contribution in [2.45, 2.75) is 16.5 Å². The van der Waals surface area contributed by atoms with Gasteiger partial charge in [0.05, 0.1) is 0 Å². The molecule has 4 nitrogen and oxygen atoms in total. The van der Waals surface area contributed by atoms with E-state index in [4.69, 9.17) is 0 Å². The minimum absolute atomic E-state index is 0.884. The maximum absolute atomic E-state index is 3.93. The number of benzene rings is 1. The molecule has 1 aromatic carbocycles. The maximum Gasteiger partial charge on any atom is 0.209 e. The Kier molecular flexibility index (Phi) is 4.88. The Morgan fingerprint density at radius 1 is 1.12 bits per heavy atom. The molecule has 2 rings (SSSR count). The SMILES string of the molecule is Cn1nnnc1SCCCSc1ccccc1. The van der Waals surface area contributed by atoms with Gasteiger partial charge in [0.25, 0.3) is 0 Å². The molecule has 0 N–H and O–H groups in total. The van der Waals surface area contributed by atoms with Crippen LogP contribution >= 0.6 is 23.5 Å². The fourth-order valence-corrected chi connectivity index (χ4v) is 3.12. The highest BCUT2D eigenvalue weighted by Crippen LogP contribution is 2.20. The number of aromatic nitrogens is 4. The van der Waals surface area contributed by atoms with E-state index in [-0.39, 0.29) is 0 Å². The molecule has 6 heteroatoms. The number of aryl methyl sites for hydroxylation is 1. The molecule has 0 spiro atoms. The van der Waals surface area contributed by atoms with Crippen LogP contribution in [0.25, 0.3) is 0 Å². The van der Waals surface area contributed by atoms with E-state index in [9.17, 15) is 0 Å². The Labute approximate surface area is 109 Å². The van der Waals surface area contributed by atoms with E-state index < -0.39 is 0 Å². The van der Waals surface area contributed by atoms with Crippen LogP contribution in [0.2, 0.25) is 0 Å². The fourth-order valence-electron chi connectivity index (χ4n) is 1.27. The maximum atomic E-state index is 3.93. The summed E-state index contributed by atoms with van der Waals surface area (Å²) in [6.45, 7) is 0. The molecule has 0 atom stereocenters. The summed E-state index contributed by atoms with van der Waals surface area (Å²) in [6.07, 6.45) is 1.15. The second kappa shape index (κ2) is 6.66. The predicted molar refractivity (Wildman–Crippen MR) is 71.3 cm³/mol. The number of hydrogen-bond acceptors (Lipinski definition) is 5. The second-order valence-electron chi connectivity index (χ2n) is 3.45. The number of nitrogens with zero attached hydrogens (tertiary/aromatic N) is 4. The van der Waals surface area contributed by atoms with Gasteiger partial charge < -0.3 is 0 Å². The van der Waals surface area contributed by atoms with Crippen LogP contribution in [0.5, 0.6) is 0 Å². The lowest BCUT2D eigenvalue weighted by molar-refractivity contribution is 0.664. The zero-order valence-electron chi connectivity index (χ0n) is 9.61. The lowest BCUT2D eigenvalue weighted by Gasteiger charge is -2.01. The van der Waals surface area contributed by atoms with Crippen LogP contribution in [-0.2, 0) is 7.05 Å². The molecule has 0 aliphatic heterocycles. The monoisotopic (exact) mass is 266 g/mol. The molecule has 0 aliphatic carbocycles. The molecule has 0 radical (unpaired) electrons. The predicted octanol–water partition coefficient (Wildman–Crippen LogP) is 2.48. The Bertz CT molecular complexity index is 444. The Hall–Kier alpha value is -1.01. The summed E-state index contributed by atoms with van der Waals surface area (Å²) in [6, 6.07) is 10.5. The minimum Gasteiger partial charge on any atom is -0.224 e. The normalized spacial score (nSPS) is 10.6. The Morgan fingerprint density at radius 2 is 1.88 bits per heavy atom. The molecular formula is C11H14N4S2. The molecule has 1 heterocycles. The first kappa shape index (κ1) is 12.4. The molecule has 0 aliphatic rings. The zero-order chi connectivity index (χ0) is 11.9. The number of hydrogen-bond donors (Lipinski definition) is 0. The fraction of sp³-hybridized carbons (Fsp3) is 0.364. The molecule has 17 heavy (non-hydrogen) atoms. The van der Waals surface area contributed by atoms with Crippen molar-refractivity contribution in [1.29, 1.82) is 0 Å². The van der Waals surface area contributed by atoms with Gasteiger partial charge in [-0.2, -0.15) is 0 Å². The van der Waals surface area contributed by atoms with E-state index in [1.165, 1.54) is 4.90 Å². The van der Waals surface area contributed by atoms with Crippen molar-refractivity contribution >= 4 is 23.5 Å². The largest absolute Gasteiger partial charge is 0.224 e. The third-order valence-corrected chi connectivity index (χ3v) is 4.31. The first-order chi connectivity index (χ1) is 8.36. The molecule has 0 saturated heterocycles. The average molecular weight is 266 g/mol. The van der Waals surface area contributed by atoms with Gasteiger partial charge in [0.2, 0.25) is 5.16 Å². The highest BCUT2D eigenvalue weighted by Gasteiger charge is 2.01. The van der Waals surface area contributed by atoms with Gasteiger partial charge in [0.1, 0.15) is 0 Å². The number of tetrazole rings is 1. The van der Waals surface area contributed by atoms with Crippen molar-refractivity contribution < 1.29 is 0 Å². The van der Waals surface area contributed by atoms with Crippen LogP contribution in [0.1, 0.15) is 6.42 Å². The van der Waals surface area contributed by atoms with Gasteiger partial charge in [-0.3, -0.25) is 0 Å². The lowest BCUT2D eigenvalue weighted by Crippen LogP contribution is -1.94. The van der Waals surface area contributed by atoms with Crippen LogP contribution < -0.4 is 0 Å². The van der Waals surface area contributed by atoms with Crippen molar-refractivity contribution in [2.75, 3.05) is 11.5 Å². The van der Waals surface area contributed by atoms with Crippen LogP contribution in [0.4, 0.5) is 0 Å². The second-order valence-corrected chi connectivity index (χ2v) is 5.68. The first-order valence-corrected chi connectivity index (χ1v) is 7.36. The van der Waals surface area contributed by atoms with E-state index in [0.717, 1.165) is 23.1 Å². The number of thioether (sulfide) groups is 2. The van der Waals surface area contributed by atoms with Crippen molar-refractivity contribution in [3.05, 3.63) is 30.3 Å². The minimum atomic E-state index is 0.884. The zero-order valence-corrected chi connectivity index (χ0v) is 11.2. The van der Waals surface area contributed by atoms with E-state index in [1.807, 2.05) is 24.9 Å². The topological polar surface area (TPSA) is 43.6 Å². The van der Waals surface area contributed by atoms with E-state index in [0.29, 0.717) is 0 Å². The molecule has 0 fully saturated rings. The van der Waals surface area contributed by atoms with Crippen LogP contribution in [-0.4, -0.2) is 31.7 Å². The summed E-state index contributed by atoms with van der Waals surface area (Å²) in [4.78, 5) is 1.33. The molecule has 2 aromatic rings. The number of rotatable bonds is 6. The molecule has 1 aromatic heterocycles. The highest BCUT2D eigenvalue weighted by atomic mass is 32.2. The van der Waals surface area contributed by atoms with Gasteiger partial charge in [-0.1, -0.05) is 30.0 Å². The Balaban J connectivity index is 1.63. The van der Waals surface area contributed by atoms with E-state index in [1.54, 1.807) is 16.4 Å². The summed E-state index contributed by atoms with van der Waals surface area (Å²) >= 11 is 3.59. The van der Waals surface area contributed by atoms with Crippen molar-refractivity contribution in [3.8, 4) is 0 Å². The van der Waals surface area contributed by atoms with Gasteiger partial charge in [0, 0.05) is 17.7 Å². The van der Waals surface area contributed by atoms with Crippen molar-refractivity contribution in [3.63, 3.8) is 0 Å². The summed E-state index contributed by atoms with van der Waals surface area (Å²) in [5, 5.41) is 12.2.